The topological polar surface area (TPSA) is 49.8 Å². The first-order valence-electron chi connectivity index (χ1n) is 9.44. The number of rotatable bonds is 3. The molecular formula is C22H23NO3. The molecule has 26 heavy (non-hydrogen) atoms. The Morgan fingerprint density at radius 3 is 2.77 bits per heavy atom. The van der Waals surface area contributed by atoms with Gasteiger partial charge in [0.25, 0.3) is 5.91 Å². The molecule has 0 saturated carbocycles. The van der Waals surface area contributed by atoms with Crippen LogP contribution in [0.25, 0.3) is 11.1 Å². The maximum absolute atomic E-state index is 13.1. The van der Waals surface area contributed by atoms with Crippen molar-refractivity contribution in [2.45, 2.75) is 24.5 Å². The van der Waals surface area contributed by atoms with E-state index in [4.69, 9.17) is 4.74 Å². The third kappa shape index (κ3) is 2.32. The third-order valence-electron chi connectivity index (χ3n) is 6.50. The lowest BCUT2D eigenvalue weighted by Crippen LogP contribution is -2.38. The van der Waals surface area contributed by atoms with E-state index in [1.807, 2.05) is 47.4 Å². The number of amides is 1. The molecule has 3 heterocycles. The minimum Gasteiger partial charge on any atom is -0.396 e. The van der Waals surface area contributed by atoms with Crippen LogP contribution in [0.3, 0.4) is 0 Å². The zero-order valence-corrected chi connectivity index (χ0v) is 14.7. The minimum atomic E-state index is -0.217. The summed E-state index contributed by atoms with van der Waals surface area (Å²) in [6.07, 6.45) is 2.20. The quantitative estimate of drug-likeness (QED) is 0.927. The van der Waals surface area contributed by atoms with Gasteiger partial charge in [-0.25, -0.2) is 0 Å². The third-order valence-corrected chi connectivity index (χ3v) is 6.50. The molecule has 0 radical (unpaired) electrons. The number of ether oxygens (including phenoxy) is 1. The Kier molecular flexibility index (Phi) is 3.66. The molecule has 2 bridgehead atoms. The molecule has 1 spiro atoms. The summed E-state index contributed by atoms with van der Waals surface area (Å²) in [5.41, 5.74) is 2.67. The second-order valence-corrected chi connectivity index (χ2v) is 7.85. The number of hydrogen-bond donors (Lipinski definition) is 1. The van der Waals surface area contributed by atoms with E-state index in [-0.39, 0.29) is 36.1 Å². The van der Waals surface area contributed by atoms with E-state index in [1.54, 1.807) is 0 Å². The van der Waals surface area contributed by atoms with E-state index in [2.05, 4.69) is 12.1 Å². The van der Waals surface area contributed by atoms with Gasteiger partial charge in [-0.2, -0.15) is 0 Å². The highest BCUT2D eigenvalue weighted by molar-refractivity contribution is 5.95. The SMILES string of the molecule is O=C(c1cccc(-c2ccccc2)c1)N1C[C@@H]2[C@H](CO)[C@H]3CC[C@]2(C1)O3. The van der Waals surface area contributed by atoms with Crippen LogP contribution in [-0.4, -0.2) is 47.3 Å². The fourth-order valence-electron chi connectivity index (χ4n) is 5.23. The highest BCUT2D eigenvalue weighted by atomic mass is 16.5. The van der Waals surface area contributed by atoms with Gasteiger partial charge in [0.1, 0.15) is 0 Å². The van der Waals surface area contributed by atoms with Gasteiger partial charge in [0.2, 0.25) is 0 Å². The molecule has 3 fully saturated rings. The summed E-state index contributed by atoms with van der Waals surface area (Å²) in [5, 5.41) is 9.75. The van der Waals surface area contributed by atoms with Gasteiger partial charge in [0.15, 0.2) is 0 Å². The summed E-state index contributed by atoms with van der Waals surface area (Å²) in [6.45, 7) is 1.50. The highest BCUT2D eigenvalue weighted by Crippen LogP contribution is 2.54. The highest BCUT2D eigenvalue weighted by Gasteiger charge is 2.63. The average molecular weight is 349 g/mol. The maximum Gasteiger partial charge on any atom is 0.253 e. The molecule has 134 valence electrons. The number of fused-ring (bicyclic) bond motifs is 1. The van der Waals surface area contributed by atoms with Crippen molar-refractivity contribution < 1.29 is 14.6 Å². The van der Waals surface area contributed by atoms with Gasteiger partial charge in [-0.3, -0.25) is 4.79 Å². The molecule has 0 aromatic heterocycles. The van der Waals surface area contributed by atoms with Gasteiger partial charge < -0.3 is 14.7 Å². The lowest BCUT2D eigenvalue weighted by atomic mass is 9.74. The van der Waals surface area contributed by atoms with Crippen molar-refractivity contribution in [2.75, 3.05) is 19.7 Å². The lowest BCUT2D eigenvalue weighted by molar-refractivity contribution is 0.00154. The first kappa shape index (κ1) is 16.0. The summed E-state index contributed by atoms with van der Waals surface area (Å²) in [7, 11) is 0. The largest absolute Gasteiger partial charge is 0.396 e. The smallest absolute Gasteiger partial charge is 0.253 e. The van der Waals surface area contributed by atoms with Crippen molar-refractivity contribution in [1.82, 2.24) is 4.90 Å². The summed E-state index contributed by atoms with van der Waals surface area (Å²) >= 11 is 0. The summed E-state index contributed by atoms with van der Waals surface area (Å²) in [5.74, 6) is 0.514. The van der Waals surface area contributed by atoms with Crippen LogP contribution in [0.4, 0.5) is 0 Å². The van der Waals surface area contributed by atoms with Gasteiger partial charge in [-0.1, -0.05) is 42.5 Å². The Balaban J connectivity index is 1.40. The molecular weight excluding hydrogens is 326 g/mol. The van der Waals surface area contributed by atoms with Crippen LogP contribution in [0.15, 0.2) is 54.6 Å². The van der Waals surface area contributed by atoms with Gasteiger partial charge in [0.05, 0.1) is 18.2 Å². The second kappa shape index (κ2) is 5.93. The van der Waals surface area contributed by atoms with Crippen molar-refractivity contribution in [2.24, 2.45) is 11.8 Å². The van der Waals surface area contributed by atoms with E-state index in [0.29, 0.717) is 13.1 Å². The van der Waals surface area contributed by atoms with Gasteiger partial charge >= 0.3 is 0 Å². The van der Waals surface area contributed by atoms with Crippen molar-refractivity contribution in [3.05, 3.63) is 60.2 Å². The number of aliphatic hydroxyl groups excluding tert-OH is 1. The lowest BCUT2D eigenvalue weighted by Gasteiger charge is -2.27. The molecule has 4 nitrogen and oxygen atoms in total. The van der Waals surface area contributed by atoms with Crippen molar-refractivity contribution in [3.63, 3.8) is 0 Å². The number of aliphatic hydroxyl groups is 1. The fourth-order valence-corrected chi connectivity index (χ4v) is 5.23. The summed E-state index contributed by atoms with van der Waals surface area (Å²) < 4.78 is 6.24. The van der Waals surface area contributed by atoms with Crippen LogP contribution < -0.4 is 0 Å². The minimum absolute atomic E-state index is 0.0651. The molecule has 2 aromatic rings. The Bertz CT molecular complexity index is 836. The normalized spacial score (nSPS) is 32.0. The van der Waals surface area contributed by atoms with Gasteiger partial charge in [-0.15, -0.1) is 0 Å². The predicted molar refractivity (Wildman–Crippen MR) is 98.7 cm³/mol. The average Bonchev–Trinajstić information content (AvgIpc) is 3.36. The number of carbonyl (C=O) groups is 1. The Hall–Kier alpha value is -2.17. The molecule has 2 aromatic carbocycles. The first-order chi connectivity index (χ1) is 12.7. The molecule has 3 aliphatic rings. The van der Waals surface area contributed by atoms with Crippen LogP contribution in [-0.2, 0) is 4.74 Å². The van der Waals surface area contributed by atoms with Gasteiger partial charge in [-0.05, 0) is 36.1 Å². The Morgan fingerprint density at radius 2 is 1.96 bits per heavy atom. The zero-order chi connectivity index (χ0) is 17.7. The molecule has 5 rings (SSSR count). The maximum atomic E-state index is 13.1. The van der Waals surface area contributed by atoms with E-state index in [9.17, 15) is 9.90 Å². The van der Waals surface area contributed by atoms with Gasteiger partial charge in [0, 0.05) is 30.6 Å². The number of hydrogen-bond acceptors (Lipinski definition) is 3. The number of likely N-dealkylation sites (tertiary alicyclic amines) is 1. The van der Waals surface area contributed by atoms with E-state index < -0.39 is 0 Å². The first-order valence-corrected chi connectivity index (χ1v) is 9.44. The van der Waals surface area contributed by atoms with Crippen LogP contribution >= 0.6 is 0 Å². The second-order valence-electron chi connectivity index (χ2n) is 7.85. The van der Waals surface area contributed by atoms with Crippen LogP contribution in [0.1, 0.15) is 23.2 Å². The number of nitrogens with zero attached hydrogens (tertiary/aromatic N) is 1. The van der Waals surface area contributed by atoms with Crippen molar-refractivity contribution >= 4 is 5.91 Å². The van der Waals surface area contributed by atoms with E-state index in [1.165, 1.54) is 0 Å². The molecule has 3 saturated heterocycles. The molecule has 1 N–H and O–H groups in total. The van der Waals surface area contributed by atoms with Crippen LogP contribution in [0.2, 0.25) is 0 Å². The number of benzene rings is 2. The monoisotopic (exact) mass is 349 g/mol. The summed E-state index contributed by atoms with van der Waals surface area (Å²) in [4.78, 5) is 15.1. The molecule has 3 aliphatic heterocycles. The zero-order valence-electron chi connectivity index (χ0n) is 14.7. The van der Waals surface area contributed by atoms with Crippen molar-refractivity contribution in [3.8, 4) is 11.1 Å². The predicted octanol–water partition coefficient (Wildman–Crippen LogP) is 2.97. The van der Waals surface area contributed by atoms with Crippen LogP contribution in [0, 0.1) is 11.8 Å². The fraction of sp³-hybridized carbons (Fsp3) is 0.409. The molecule has 0 aliphatic carbocycles. The van der Waals surface area contributed by atoms with E-state index in [0.717, 1.165) is 29.5 Å². The molecule has 4 atom stereocenters. The number of carbonyl (C=O) groups excluding carboxylic acids is 1. The summed E-state index contributed by atoms with van der Waals surface area (Å²) in [6, 6.07) is 18.0. The molecule has 4 heteroatoms. The molecule has 0 unspecified atom stereocenters. The Labute approximate surface area is 153 Å². The van der Waals surface area contributed by atoms with Crippen molar-refractivity contribution in [1.29, 1.82) is 0 Å². The molecule has 1 amide bonds. The van der Waals surface area contributed by atoms with E-state index >= 15 is 0 Å². The van der Waals surface area contributed by atoms with Crippen LogP contribution in [0.5, 0.6) is 0 Å². The standard InChI is InChI=1S/C22H23NO3/c24-13-18-19-12-23(14-22(19)10-9-20(18)26-22)21(25)17-8-4-7-16(11-17)15-5-2-1-3-6-15/h1-8,11,18-20,24H,9-10,12-14H2/t18-,19+,20+,22+/m0/s1. The Morgan fingerprint density at radius 1 is 1.15 bits per heavy atom.